The maximum atomic E-state index is 10.7. The highest BCUT2D eigenvalue weighted by Crippen LogP contribution is 2.34. The quantitative estimate of drug-likeness (QED) is 0.731. The monoisotopic (exact) mass is 192 g/mol. The summed E-state index contributed by atoms with van der Waals surface area (Å²) in [5.74, 6) is -0.183. The first-order valence-electron chi connectivity index (χ1n) is 4.68. The molecule has 1 aliphatic carbocycles. The van der Waals surface area contributed by atoms with Crippen LogP contribution in [0.15, 0.2) is 6.20 Å². The number of fused-ring (bicyclic) bond motifs is 1. The molecule has 1 heterocycles. The third kappa shape index (κ3) is 1.27. The molecule has 74 valence electrons. The summed E-state index contributed by atoms with van der Waals surface area (Å²) in [7, 11) is 0. The van der Waals surface area contributed by atoms with Crippen molar-refractivity contribution in [3.8, 4) is 0 Å². The van der Waals surface area contributed by atoms with Gasteiger partial charge in [0.25, 0.3) is 0 Å². The second-order valence-corrected chi connectivity index (χ2v) is 3.86. The molecule has 2 rings (SSSR count). The Morgan fingerprint density at radius 2 is 2.29 bits per heavy atom. The molecule has 1 aromatic heterocycles. The summed E-state index contributed by atoms with van der Waals surface area (Å²) < 4.78 is 0. The van der Waals surface area contributed by atoms with Crippen LogP contribution in [0, 0.1) is 5.92 Å². The predicted octanol–water partition coefficient (Wildman–Crippen LogP) is 1.47. The molecule has 0 aromatic carbocycles. The zero-order chi connectivity index (χ0) is 10.3. The van der Waals surface area contributed by atoms with Crippen LogP contribution in [0.1, 0.15) is 41.6 Å². The summed E-state index contributed by atoms with van der Waals surface area (Å²) in [6.07, 6.45) is 2.25. The highest BCUT2D eigenvalue weighted by Gasteiger charge is 2.29. The molecule has 0 saturated heterocycles. The molecule has 0 fully saturated rings. The summed E-state index contributed by atoms with van der Waals surface area (Å²) in [5, 5.41) is 8.77. The van der Waals surface area contributed by atoms with Gasteiger partial charge in [0.15, 0.2) is 5.69 Å². The second-order valence-electron chi connectivity index (χ2n) is 3.86. The lowest BCUT2D eigenvalue weighted by molar-refractivity contribution is 0.0689. The number of carbonyl (C=O) groups is 1. The van der Waals surface area contributed by atoms with E-state index < -0.39 is 5.97 Å². The number of carboxylic acids is 1. The fraction of sp³-hybridized carbons (Fsp3) is 0.500. The van der Waals surface area contributed by atoms with Crippen LogP contribution >= 0.6 is 0 Å². The van der Waals surface area contributed by atoms with Gasteiger partial charge < -0.3 is 5.11 Å². The molecule has 0 bridgehead atoms. The van der Waals surface area contributed by atoms with E-state index in [9.17, 15) is 4.79 Å². The number of nitrogens with zero attached hydrogens (tertiary/aromatic N) is 2. The van der Waals surface area contributed by atoms with Crippen LogP contribution in [0.4, 0.5) is 0 Å². The van der Waals surface area contributed by atoms with Crippen LogP contribution in [0.2, 0.25) is 0 Å². The first kappa shape index (κ1) is 9.12. The van der Waals surface area contributed by atoms with Crippen molar-refractivity contribution in [2.45, 2.75) is 26.2 Å². The van der Waals surface area contributed by atoms with Gasteiger partial charge in [0.05, 0.1) is 17.6 Å². The first-order valence-corrected chi connectivity index (χ1v) is 4.68. The first-order chi connectivity index (χ1) is 6.59. The number of aromatic nitrogens is 2. The lowest BCUT2D eigenvalue weighted by Gasteiger charge is -2.07. The van der Waals surface area contributed by atoms with Crippen molar-refractivity contribution >= 4 is 5.97 Å². The van der Waals surface area contributed by atoms with Gasteiger partial charge in [-0.15, -0.1) is 0 Å². The highest BCUT2D eigenvalue weighted by atomic mass is 16.4. The van der Waals surface area contributed by atoms with Crippen molar-refractivity contribution < 1.29 is 9.90 Å². The molecule has 0 aliphatic heterocycles. The van der Waals surface area contributed by atoms with E-state index in [-0.39, 0.29) is 5.69 Å². The van der Waals surface area contributed by atoms with Gasteiger partial charge in [0, 0.05) is 5.92 Å². The average Bonchev–Trinajstić information content (AvgIpc) is 2.43. The Labute approximate surface area is 82.0 Å². The summed E-state index contributed by atoms with van der Waals surface area (Å²) >= 11 is 0. The molecular weight excluding hydrogens is 180 g/mol. The normalized spacial score (nSPS) is 24.7. The van der Waals surface area contributed by atoms with Gasteiger partial charge in [-0.2, -0.15) is 0 Å². The van der Waals surface area contributed by atoms with Crippen molar-refractivity contribution in [3.63, 3.8) is 0 Å². The zero-order valence-electron chi connectivity index (χ0n) is 8.19. The summed E-state index contributed by atoms with van der Waals surface area (Å²) in [6, 6.07) is 0. The lowest BCUT2D eigenvalue weighted by Crippen LogP contribution is -2.06. The minimum Gasteiger partial charge on any atom is -0.476 e. The molecule has 1 N–H and O–H groups in total. The van der Waals surface area contributed by atoms with Crippen molar-refractivity contribution in [3.05, 3.63) is 23.3 Å². The molecule has 0 amide bonds. The van der Waals surface area contributed by atoms with E-state index in [4.69, 9.17) is 5.11 Å². The molecule has 1 aromatic rings. The number of hydrogen-bond donors (Lipinski definition) is 1. The highest BCUT2D eigenvalue weighted by molar-refractivity contribution is 5.84. The molecule has 0 spiro atoms. The van der Waals surface area contributed by atoms with Crippen molar-refractivity contribution in [1.29, 1.82) is 0 Å². The fourth-order valence-corrected chi connectivity index (χ4v) is 1.80. The van der Waals surface area contributed by atoms with Gasteiger partial charge in [-0.3, -0.25) is 4.98 Å². The predicted molar refractivity (Wildman–Crippen MR) is 50.3 cm³/mol. The minimum absolute atomic E-state index is 0.0460. The van der Waals surface area contributed by atoms with Gasteiger partial charge in [-0.05, 0) is 12.3 Å². The Kier molecular flexibility index (Phi) is 1.98. The van der Waals surface area contributed by atoms with Crippen molar-refractivity contribution in [1.82, 2.24) is 9.97 Å². The van der Waals surface area contributed by atoms with Gasteiger partial charge in [-0.1, -0.05) is 13.8 Å². The molecule has 2 atom stereocenters. The number of hydrogen-bond acceptors (Lipinski definition) is 3. The molecule has 14 heavy (non-hydrogen) atoms. The maximum Gasteiger partial charge on any atom is 0.356 e. The van der Waals surface area contributed by atoms with E-state index >= 15 is 0 Å². The van der Waals surface area contributed by atoms with Gasteiger partial charge >= 0.3 is 5.97 Å². The Hall–Kier alpha value is -1.45. The van der Waals surface area contributed by atoms with E-state index in [0.717, 1.165) is 17.8 Å². The zero-order valence-corrected chi connectivity index (χ0v) is 8.19. The van der Waals surface area contributed by atoms with E-state index in [1.807, 2.05) is 0 Å². The van der Waals surface area contributed by atoms with Crippen LogP contribution in [-0.2, 0) is 6.42 Å². The largest absolute Gasteiger partial charge is 0.476 e. The lowest BCUT2D eigenvalue weighted by atomic mass is 9.99. The Morgan fingerprint density at radius 1 is 1.57 bits per heavy atom. The molecule has 1 aliphatic rings. The molecule has 0 saturated carbocycles. The van der Waals surface area contributed by atoms with Gasteiger partial charge in [-0.25, -0.2) is 9.78 Å². The molecule has 4 heteroatoms. The van der Waals surface area contributed by atoms with Gasteiger partial charge in [0.2, 0.25) is 0 Å². The van der Waals surface area contributed by atoms with E-state index in [1.54, 1.807) is 0 Å². The van der Waals surface area contributed by atoms with E-state index in [1.165, 1.54) is 6.20 Å². The van der Waals surface area contributed by atoms with E-state index in [2.05, 4.69) is 23.8 Å². The van der Waals surface area contributed by atoms with Crippen LogP contribution < -0.4 is 0 Å². The fourth-order valence-electron chi connectivity index (χ4n) is 1.80. The van der Waals surface area contributed by atoms with Crippen LogP contribution in [0.5, 0.6) is 0 Å². The van der Waals surface area contributed by atoms with Crippen LogP contribution in [-0.4, -0.2) is 21.0 Å². The van der Waals surface area contributed by atoms with Crippen molar-refractivity contribution in [2.24, 2.45) is 5.92 Å². The summed E-state index contributed by atoms with van der Waals surface area (Å²) in [6.45, 7) is 4.20. The third-order valence-corrected chi connectivity index (χ3v) is 2.90. The molecule has 2 unspecified atom stereocenters. The second kappa shape index (κ2) is 3.04. The topological polar surface area (TPSA) is 63.1 Å². The summed E-state index contributed by atoms with van der Waals surface area (Å²) in [4.78, 5) is 18.9. The van der Waals surface area contributed by atoms with Crippen LogP contribution in [0.25, 0.3) is 0 Å². The summed E-state index contributed by atoms with van der Waals surface area (Å²) in [5.41, 5.74) is 1.86. The Balaban J connectivity index is 2.46. The van der Waals surface area contributed by atoms with E-state index in [0.29, 0.717) is 11.8 Å². The SMILES string of the molecule is CC1Cc2ncc(C(=O)O)nc2C1C. The molecular formula is C10H12N2O2. The smallest absolute Gasteiger partial charge is 0.356 e. The Morgan fingerprint density at radius 3 is 2.93 bits per heavy atom. The maximum absolute atomic E-state index is 10.7. The molecule has 0 radical (unpaired) electrons. The number of aromatic carboxylic acids is 1. The molecule has 4 nitrogen and oxygen atoms in total. The van der Waals surface area contributed by atoms with Crippen molar-refractivity contribution in [2.75, 3.05) is 0 Å². The minimum atomic E-state index is -1.01. The standard InChI is InChI=1S/C10H12N2O2/c1-5-3-7-9(6(5)2)12-8(4-11-7)10(13)14/h4-6H,3H2,1-2H3,(H,13,14). The number of rotatable bonds is 1. The third-order valence-electron chi connectivity index (χ3n) is 2.90. The van der Waals surface area contributed by atoms with Crippen LogP contribution in [0.3, 0.4) is 0 Å². The van der Waals surface area contributed by atoms with Gasteiger partial charge in [0.1, 0.15) is 0 Å². The number of carboxylic acid groups (broad SMARTS) is 1. The Bertz CT molecular complexity index is 390. The average molecular weight is 192 g/mol.